The summed E-state index contributed by atoms with van der Waals surface area (Å²) in [6, 6.07) is 0. The van der Waals surface area contributed by atoms with E-state index in [2.05, 4.69) is 4.72 Å². The van der Waals surface area contributed by atoms with Crippen LogP contribution in [0.2, 0.25) is 0 Å². The third-order valence-electron chi connectivity index (χ3n) is 2.27. The lowest BCUT2D eigenvalue weighted by Gasteiger charge is -2.23. The van der Waals surface area contributed by atoms with E-state index in [0.29, 0.717) is 0 Å². The molecule has 0 saturated heterocycles. The summed E-state index contributed by atoms with van der Waals surface area (Å²) in [6.45, 7) is 3.26. The minimum absolute atomic E-state index is 0.0311. The van der Waals surface area contributed by atoms with Crippen LogP contribution < -0.4 is 10.5 Å². The molecule has 0 aromatic carbocycles. The van der Waals surface area contributed by atoms with Crippen LogP contribution in [0.5, 0.6) is 0 Å². The summed E-state index contributed by atoms with van der Waals surface area (Å²) in [5, 5.41) is 0. The Morgan fingerprint density at radius 1 is 1.33 bits per heavy atom. The first-order valence-corrected chi connectivity index (χ1v) is 7.26. The van der Waals surface area contributed by atoms with E-state index in [0.717, 1.165) is 0 Å². The van der Waals surface area contributed by atoms with Crippen LogP contribution >= 0.6 is 12.2 Å². The molecule has 3 N–H and O–H groups in total. The average Bonchev–Trinajstić information content (AvgIpc) is 2.12. The number of nitrogens with two attached hydrogens (primary N) is 1. The maximum absolute atomic E-state index is 11.9. The lowest BCUT2D eigenvalue weighted by Crippen LogP contribution is -2.42. The Labute approximate surface area is 110 Å². The van der Waals surface area contributed by atoms with E-state index >= 15 is 0 Å². The van der Waals surface area contributed by atoms with E-state index in [4.69, 9.17) is 18.0 Å². The fourth-order valence-electron chi connectivity index (χ4n) is 0.912. The number of hydrogen-bond donors (Lipinski definition) is 2. The molecule has 0 aromatic heterocycles. The Morgan fingerprint density at radius 3 is 2.22 bits per heavy atom. The van der Waals surface area contributed by atoms with Crippen molar-refractivity contribution in [3.05, 3.63) is 0 Å². The molecule has 4 nitrogen and oxygen atoms in total. The molecule has 0 heterocycles. The van der Waals surface area contributed by atoms with Crippen molar-refractivity contribution < 1.29 is 21.6 Å². The van der Waals surface area contributed by atoms with E-state index in [-0.39, 0.29) is 11.5 Å². The first-order valence-electron chi connectivity index (χ1n) is 5.20. The molecule has 0 saturated carbocycles. The Bertz CT molecular complexity index is 391. The molecule has 0 aliphatic heterocycles. The lowest BCUT2D eigenvalue weighted by molar-refractivity contribution is -0.134. The number of halogens is 3. The van der Waals surface area contributed by atoms with E-state index in [9.17, 15) is 21.6 Å². The van der Waals surface area contributed by atoms with Crippen molar-refractivity contribution in [1.82, 2.24) is 4.72 Å². The minimum Gasteiger partial charge on any atom is -0.393 e. The van der Waals surface area contributed by atoms with Crippen LogP contribution in [0.25, 0.3) is 0 Å². The van der Waals surface area contributed by atoms with E-state index in [1.165, 1.54) is 0 Å². The van der Waals surface area contributed by atoms with Gasteiger partial charge in [-0.05, 0) is 6.42 Å². The normalized spacial score (nSPS) is 13.6. The number of alkyl halides is 3. The second-order valence-electron chi connectivity index (χ2n) is 4.61. The molecule has 18 heavy (non-hydrogen) atoms. The van der Waals surface area contributed by atoms with Gasteiger partial charge in [0, 0.05) is 18.4 Å². The van der Waals surface area contributed by atoms with Crippen molar-refractivity contribution in [2.45, 2.75) is 32.9 Å². The number of hydrogen-bond acceptors (Lipinski definition) is 3. The predicted octanol–water partition coefficient (Wildman–Crippen LogP) is 1.56. The Kier molecular flexibility index (Phi) is 6.02. The Hall–Kier alpha value is -0.410. The SMILES string of the molecule is CC(C)(CNS(=O)(=O)CCCC(F)(F)F)C(N)=S. The van der Waals surface area contributed by atoms with Gasteiger partial charge in [0.1, 0.15) is 0 Å². The van der Waals surface area contributed by atoms with Crippen molar-refractivity contribution >= 4 is 27.2 Å². The van der Waals surface area contributed by atoms with Crippen LogP contribution in [-0.2, 0) is 10.0 Å². The quantitative estimate of drug-likeness (QED) is 0.700. The molecule has 0 rings (SSSR count). The minimum atomic E-state index is -4.34. The highest BCUT2D eigenvalue weighted by molar-refractivity contribution is 7.89. The van der Waals surface area contributed by atoms with Crippen LogP contribution in [0.3, 0.4) is 0 Å². The summed E-state index contributed by atoms with van der Waals surface area (Å²) in [7, 11) is -3.74. The molecule has 108 valence electrons. The van der Waals surface area contributed by atoms with Gasteiger partial charge in [-0.2, -0.15) is 13.2 Å². The second-order valence-corrected chi connectivity index (χ2v) is 6.97. The van der Waals surface area contributed by atoms with Gasteiger partial charge in [0.2, 0.25) is 10.0 Å². The first-order chi connectivity index (χ1) is 7.86. The number of sulfonamides is 1. The monoisotopic (exact) mass is 306 g/mol. The summed E-state index contributed by atoms with van der Waals surface area (Å²) in [5.74, 6) is -0.570. The third kappa shape index (κ3) is 7.83. The molecule has 0 atom stereocenters. The summed E-state index contributed by atoms with van der Waals surface area (Å²) in [4.78, 5) is 0.139. The van der Waals surface area contributed by atoms with Gasteiger partial charge in [-0.15, -0.1) is 0 Å². The summed E-state index contributed by atoms with van der Waals surface area (Å²) in [5.41, 5.74) is 4.69. The van der Waals surface area contributed by atoms with Gasteiger partial charge < -0.3 is 5.73 Å². The van der Waals surface area contributed by atoms with Gasteiger partial charge >= 0.3 is 6.18 Å². The summed E-state index contributed by atoms with van der Waals surface area (Å²) in [6.07, 6.45) is -5.92. The maximum Gasteiger partial charge on any atom is 0.389 e. The highest BCUT2D eigenvalue weighted by Gasteiger charge is 2.28. The average molecular weight is 306 g/mol. The molecule has 0 unspecified atom stereocenters. The number of nitrogens with one attached hydrogen (secondary N) is 1. The predicted molar refractivity (Wildman–Crippen MR) is 67.6 cm³/mol. The molecule has 0 amide bonds. The fourth-order valence-corrected chi connectivity index (χ4v) is 2.23. The van der Waals surface area contributed by atoms with Crippen LogP contribution in [0, 0.1) is 5.41 Å². The first kappa shape index (κ1) is 17.6. The van der Waals surface area contributed by atoms with Crippen molar-refractivity contribution in [1.29, 1.82) is 0 Å². The fraction of sp³-hybridized carbons (Fsp3) is 0.889. The van der Waals surface area contributed by atoms with Gasteiger partial charge in [-0.3, -0.25) is 0 Å². The largest absolute Gasteiger partial charge is 0.393 e. The molecule has 0 aliphatic rings. The van der Waals surface area contributed by atoms with E-state index in [1.807, 2.05) is 0 Å². The second kappa shape index (κ2) is 6.16. The molecule has 0 fully saturated rings. The van der Waals surface area contributed by atoms with Gasteiger partial charge in [0.05, 0.1) is 10.7 Å². The topological polar surface area (TPSA) is 72.2 Å². The Morgan fingerprint density at radius 2 is 1.83 bits per heavy atom. The zero-order valence-electron chi connectivity index (χ0n) is 10.2. The Balaban J connectivity index is 4.22. The molecular formula is C9H17F3N2O2S2. The van der Waals surface area contributed by atoms with Crippen molar-refractivity contribution in [2.24, 2.45) is 11.1 Å². The molecule has 0 bridgehead atoms. The van der Waals surface area contributed by atoms with Gasteiger partial charge in [-0.1, -0.05) is 26.1 Å². The van der Waals surface area contributed by atoms with E-state index < -0.39 is 40.2 Å². The lowest BCUT2D eigenvalue weighted by atomic mass is 9.94. The van der Waals surface area contributed by atoms with Crippen LogP contribution in [0.1, 0.15) is 26.7 Å². The van der Waals surface area contributed by atoms with Crippen molar-refractivity contribution in [3.63, 3.8) is 0 Å². The van der Waals surface area contributed by atoms with Crippen LogP contribution in [-0.4, -0.2) is 31.9 Å². The van der Waals surface area contributed by atoms with Crippen molar-refractivity contribution in [2.75, 3.05) is 12.3 Å². The third-order valence-corrected chi connectivity index (χ3v) is 4.24. The highest BCUT2D eigenvalue weighted by atomic mass is 32.2. The zero-order chi connectivity index (χ0) is 14.6. The molecule has 0 radical (unpaired) electrons. The molecular weight excluding hydrogens is 289 g/mol. The van der Waals surface area contributed by atoms with Gasteiger partial charge in [-0.25, -0.2) is 13.1 Å². The van der Waals surface area contributed by atoms with E-state index in [1.54, 1.807) is 13.8 Å². The van der Waals surface area contributed by atoms with Gasteiger partial charge in [0.25, 0.3) is 0 Å². The maximum atomic E-state index is 11.9. The molecule has 0 aliphatic carbocycles. The number of thiocarbonyl (C=S) groups is 1. The molecule has 0 aromatic rings. The zero-order valence-corrected chi connectivity index (χ0v) is 11.8. The highest BCUT2D eigenvalue weighted by Crippen LogP contribution is 2.21. The van der Waals surface area contributed by atoms with Crippen molar-refractivity contribution in [3.8, 4) is 0 Å². The number of rotatable bonds is 7. The summed E-state index contributed by atoms with van der Waals surface area (Å²) < 4.78 is 60.6. The van der Waals surface area contributed by atoms with Gasteiger partial charge in [0.15, 0.2) is 0 Å². The summed E-state index contributed by atoms with van der Waals surface area (Å²) >= 11 is 4.75. The van der Waals surface area contributed by atoms with Crippen LogP contribution in [0.4, 0.5) is 13.2 Å². The smallest absolute Gasteiger partial charge is 0.389 e. The van der Waals surface area contributed by atoms with Crippen LogP contribution in [0.15, 0.2) is 0 Å². The standard InChI is InChI=1S/C9H17F3N2O2S2/c1-8(2,7(13)17)6-14-18(15,16)5-3-4-9(10,11)12/h14H,3-6H2,1-2H3,(H2,13,17). The molecule has 9 heteroatoms. The molecule has 0 spiro atoms.